The van der Waals surface area contributed by atoms with Gasteiger partial charge in [-0.2, -0.15) is 0 Å². The van der Waals surface area contributed by atoms with E-state index < -0.39 is 0 Å². The standard InChI is InChI=1S/C17H34N2O/c1-13-12-19(8-5-9-20-13)16-10-15(17(2,3)4)7-6-14(16)11-18/h13-16H,5-12,18H2,1-4H3. The second-order valence-electron chi connectivity index (χ2n) is 7.97. The van der Waals surface area contributed by atoms with Crippen molar-refractivity contribution < 1.29 is 4.74 Å². The second-order valence-corrected chi connectivity index (χ2v) is 7.97. The molecule has 0 bridgehead atoms. The topological polar surface area (TPSA) is 38.5 Å². The van der Waals surface area contributed by atoms with Gasteiger partial charge in [0.1, 0.15) is 0 Å². The van der Waals surface area contributed by atoms with Crippen LogP contribution in [-0.4, -0.2) is 43.3 Å². The number of hydrogen-bond acceptors (Lipinski definition) is 3. The number of nitrogens with zero attached hydrogens (tertiary/aromatic N) is 1. The lowest BCUT2D eigenvalue weighted by atomic mass is 9.67. The van der Waals surface area contributed by atoms with Crippen molar-refractivity contribution >= 4 is 0 Å². The van der Waals surface area contributed by atoms with Gasteiger partial charge in [0, 0.05) is 25.7 Å². The third-order valence-corrected chi connectivity index (χ3v) is 5.44. The summed E-state index contributed by atoms with van der Waals surface area (Å²) in [6, 6.07) is 0.669. The van der Waals surface area contributed by atoms with Crippen molar-refractivity contribution in [3.63, 3.8) is 0 Å². The van der Waals surface area contributed by atoms with E-state index in [-0.39, 0.29) is 0 Å². The van der Waals surface area contributed by atoms with E-state index in [1.54, 1.807) is 0 Å². The van der Waals surface area contributed by atoms with Crippen LogP contribution in [0, 0.1) is 17.3 Å². The van der Waals surface area contributed by atoms with E-state index in [0.29, 0.717) is 23.5 Å². The van der Waals surface area contributed by atoms with Gasteiger partial charge in [-0.25, -0.2) is 0 Å². The zero-order valence-corrected chi connectivity index (χ0v) is 13.9. The van der Waals surface area contributed by atoms with Crippen LogP contribution in [0.4, 0.5) is 0 Å². The fourth-order valence-electron chi connectivity index (χ4n) is 4.05. The number of hydrogen-bond donors (Lipinski definition) is 1. The van der Waals surface area contributed by atoms with Gasteiger partial charge in [-0.1, -0.05) is 20.8 Å². The molecular weight excluding hydrogens is 248 g/mol. The molecule has 118 valence electrons. The molecule has 0 amide bonds. The number of rotatable bonds is 2. The molecule has 3 heteroatoms. The Labute approximate surface area is 125 Å². The lowest BCUT2D eigenvalue weighted by Gasteiger charge is -2.46. The van der Waals surface area contributed by atoms with Crippen LogP contribution in [-0.2, 0) is 4.74 Å². The first-order valence-corrected chi connectivity index (χ1v) is 8.47. The number of nitrogens with two attached hydrogens (primary N) is 1. The third-order valence-electron chi connectivity index (χ3n) is 5.44. The molecule has 4 atom stereocenters. The highest BCUT2D eigenvalue weighted by atomic mass is 16.5. The highest BCUT2D eigenvalue weighted by molar-refractivity contribution is 4.92. The smallest absolute Gasteiger partial charge is 0.0674 e. The molecule has 1 aliphatic heterocycles. The van der Waals surface area contributed by atoms with Gasteiger partial charge in [0.25, 0.3) is 0 Å². The van der Waals surface area contributed by atoms with Gasteiger partial charge in [-0.3, -0.25) is 4.90 Å². The molecule has 2 aliphatic rings. The zero-order valence-electron chi connectivity index (χ0n) is 13.9. The molecule has 3 nitrogen and oxygen atoms in total. The summed E-state index contributed by atoms with van der Waals surface area (Å²) in [6.45, 7) is 13.4. The van der Waals surface area contributed by atoms with E-state index >= 15 is 0 Å². The van der Waals surface area contributed by atoms with Crippen molar-refractivity contribution in [3.8, 4) is 0 Å². The molecule has 2 rings (SSSR count). The Morgan fingerprint density at radius 2 is 2.00 bits per heavy atom. The van der Waals surface area contributed by atoms with Crippen molar-refractivity contribution in [1.82, 2.24) is 4.90 Å². The molecule has 0 radical (unpaired) electrons. The molecule has 0 spiro atoms. The van der Waals surface area contributed by atoms with Crippen molar-refractivity contribution in [2.75, 3.05) is 26.2 Å². The fourth-order valence-corrected chi connectivity index (χ4v) is 4.05. The van der Waals surface area contributed by atoms with Crippen LogP contribution in [0.3, 0.4) is 0 Å². The Morgan fingerprint density at radius 3 is 2.65 bits per heavy atom. The lowest BCUT2D eigenvalue weighted by molar-refractivity contribution is 0.0222. The summed E-state index contributed by atoms with van der Waals surface area (Å²) in [6.07, 6.45) is 5.50. The molecule has 0 aromatic carbocycles. The highest BCUT2D eigenvalue weighted by Crippen LogP contribution is 2.41. The summed E-state index contributed by atoms with van der Waals surface area (Å²) < 4.78 is 5.81. The van der Waals surface area contributed by atoms with Gasteiger partial charge >= 0.3 is 0 Å². The summed E-state index contributed by atoms with van der Waals surface area (Å²) in [5, 5.41) is 0. The van der Waals surface area contributed by atoms with Crippen LogP contribution in [0.1, 0.15) is 53.4 Å². The molecule has 1 aliphatic carbocycles. The van der Waals surface area contributed by atoms with Crippen molar-refractivity contribution in [1.29, 1.82) is 0 Å². The summed E-state index contributed by atoms with van der Waals surface area (Å²) in [5.74, 6) is 1.51. The predicted molar refractivity (Wildman–Crippen MR) is 84.7 cm³/mol. The molecule has 2 fully saturated rings. The molecule has 0 aromatic heterocycles. The predicted octanol–water partition coefficient (Wildman–Crippen LogP) is 2.89. The maximum absolute atomic E-state index is 6.07. The van der Waals surface area contributed by atoms with E-state index in [0.717, 1.165) is 32.0 Å². The van der Waals surface area contributed by atoms with Crippen LogP contribution < -0.4 is 5.73 Å². The monoisotopic (exact) mass is 282 g/mol. The minimum Gasteiger partial charge on any atom is -0.377 e. The molecule has 20 heavy (non-hydrogen) atoms. The molecule has 0 aromatic rings. The fraction of sp³-hybridized carbons (Fsp3) is 1.00. The lowest BCUT2D eigenvalue weighted by Crippen LogP contribution is -2.50. The average Bonchev–Trinajstić information content (AvgIpc) is 2.61. The Hall–Kier alpha value is -0.120. The van der Waals surface area contributed by atoms with Gasteiger partial charge in [-0.15, -0.1) is 0 Å². The Bertz CT molecular complexity index is 300. The Morgan fingerprint density at radius 1 is 1.25 bits per heavy atom. The van der Waals surface area contributed by atoms with Gasteiger partial charge in [0.05, 0.1) is 6.10 Å². The van der Waals surface area contributed by atoms with Crippen LogP contribution in [0.25, 0.3) is 0 Å². The summed E-state index contributed by atoms with van der Waals surface area (Å²) in [4.78, 5) is 2.69. The molecular formula is C17H34N2O. The zero-order chi connectivity index (χ0) is 14.8. The first-order chi connectivity index (χ1) is 9.41. The van der Waals surface area contributed by atoms with Gasteiger partial charge < -0.3 is 10.5 Å². The van der Waals surface area contributed by atoms with E-state index in [1.165, 1.54) is 25.8 Å². The molecule has 1 saturated carbocycles. The van der Waals surface area contributed by atoms with Gasteiger partial charge in [0.2, 0.25) is 0 Å². The van der Waals surface area contributed by atoms with Crippen LogP contribution in [0.15, 0.2) is 0 Å². The van der Waals surface area contributed by atoms with Crippen molar-refractivity contribution in [2.45, 2.75) is 65.5 Å². The molecule has 1 heterocycles. The van der Waals surface area contributed by atoms with Crippen molar-refractivity contribution in [3.05, 3.63) is 0 Å². The van der Waals surface area contributed by atoms with Gasteiger partial charge in [0.15, 0.2) is 0 Å². The SMILES string of the molecule is CC1CN(C2CC(C(C)(C)C)CCC2CN)CCCO1. The summed E-state index contributed by atoms with van der Waals surface area (Å²) >= 11 is 0. The Kier molecular flexibility index (Phi) is 5.49. The quantitative estimate of drug-likeness (QED) is 0.846. The summed E-state index contributed by atoms with van der Waals surface area (Å²) in [7, 11) is 0. The minimum absolute atomic E-state index is 0.367. The van der Waals surface area contributed by atoms with E-state index in [2.05, 4.69) is 32.6 Å². The average molecular weight is 282 g/mol. The molecule has 4 unspecified atom stereocenters. The second kappa shape index (κ2) is 6.76. The van der Waals surface area contributed by atoms with Gasteiger partial charge in [-0.05, 0) is 56.4 Å². The first-order valence-electron chi connectivity index (χ1n) is 8.47. The largest absolute Gasteiger partial charge is 0.377 e. The first kappa shape index (κ1) is 16.3. The molecule has 2 N–H and O–H groups in total. The number of ether oxygens (including phenoxy) is 1. The molecule has 1 saturated heterocycles. The Balaban J connectivity index is 2.07. The highest BCUT2D eigenvalue weighted by Gasteiger charge is 2.38. The van der Waals surface area contributed by atoms with E-state index in [4.69, 9.17) is 10.5 Å². The van der Waals surface area contributed by atoms with Crippen LogP contribution >= 0.6 is 0 Å². The van der Waals surface area contributed by atoms with Crippen molar-refractivity contribution in [2.24, 2.45) is 23.0 Å². The maximum atomic E-state index is 6.07. The third kappa shape index (κ3) is 3.96. The summed E-state index contributed by atoms with van der Waals surface area (Å²) in [5.41, 5.74) is 6.49. The normalized spacial score (nSPS) is 37.6. The maximum Gasteiger partial charge on any atom is 0.0674 e. The van der Waals surface area contributed by atoms with Crippen LogP contribution in [0.5, 0.6) is 0 Å². The van der Waals surface area contributed by atoms with E-state index in [1.807, 2.05) is 0 Å². The van der Waals surface area contributed by atoms with Crippen LogP contribution in [0.2, 0.25) is 0 Å². The minimum atomic E-state index is 0.367. The van der Waals surface area contributed by atoms with E-state index in [9.17, 15) is 0 Å².